The van der Waals surface area contributed by atoms with Crippen molar-refractivity contribution in [2.45, 2.75) is 12.8 Å². The summed E-state index contributed by atoms with van der Waals surface area (Å²) in [6, 6.07) is 12.0. The number of likely N-dealkylation sites (tertiary alicyclic amines) is 1. The third kappa shape index (κ3) is 2.52. The van der Waals surface area contributed by atoms with Gasteiger partial charge in [0.05, 0.1) is 11.1 Å². The predicted molar refractivity (Wildman–Crippen MR) is 89.3 cm³/mol. The molecule has 5 heteroatoms. The van der Waals surface area contributed by atoms with Crippen LogP contribution in [0.3, 0.4) is 0 Å². The summed E-state index contributed by atoms with van der Waals surface area (Å²) >= 11 is 0. The topological polar surface area (TPSA) is 46.1 Å². The minimum Gasteiger partial charge on any atom is -0.337 e. The van der Waals surface area contributed by atoms with Crippen molar-refractivity contribution < 1.29 is 9.18 Å². The molecule has 24 heavy (non-hydrogen) atoms. The molecular weight excluding hydrogens is 305 g/mol. The second-order valence-electron chi connectivity index (χ2n) is 6.13. The third-order valence-corrected chi connectivity index (χ3v) is 4.41. The molecule has 0 spiro atoms. The number of benzene rings is 1. The molecule has 2 aromatic heterocycles. The number of halogens is 1. The maximum atomic E-state index is 13.4. The standard InChI is InChI=1S/C19H16FN3O/c1-12-8-16(15-6-5-14(20)9-18(15)22-12)19(24)23-10-13(11-23)17-4-2-3-7-21-17/h2-9,13H,10-11H2,1H3. The van der Waals surface area contributed by atoms with Crippen LogP contribution in [0.5, 0.6) is 0 Å². The van der Waals surface area contributed by atoms with Crippen molar-refractivity contribution in [2.24, 2.45) is 0 Å². The SMILES string of the molecule is Cc1cc(C(=O)N2CC(c3ccccn3)C2)c2ccc(F)cc2n1. The highest BCUT2D eigenvalue weighted by Crippen LogP contribution is 2.29. The molecule has 0 saturated carbocycles. The molecule has 120 valence electrons. The van der Waals surface area contributed by atoms with Crippen molar-refractivity contribution in [3.05, 3.63) is 71.4 Å². The maximum absolute atomic E-state index is 13.4. The molecule has 3 aromatic rings. The molecule has 4 nitrogen and oxygen atoms in total. The Morgan fingerprint density at radius 2 is 2.04 bits per heavy atom. The third-order valence-electron chi connectivity index (χ3n) is 4.41. The molecule has 1 aromatic carbocycles. The predicted octanol–water partition coefficient (Wildman–Crippen LogP) is 3.32. The highest BCUT2D eigenvalue weighted by Gasteiger charge is 2.33. The first-order valence-electron chi connectivity index (χ1n) is 7.89. The molecule has 0 N–H and O–H groups in total. The number of hydrogen-bond acceptors (Lipinski definition) is 3. The lowest BCUT2D eigenvalue weighted by atomic mass is 9.94. The van der Waals surface area contributed by atoms with Crippen molar-refractivity contribution in [3.8, 4) is 0 Å². The molecule has 1 amide bonds. The largest absolute Gasteiger partial charge is 0.337 e. The Morgan fingerprint density at radius 1 is 1.21 bits per heavy atom. The molecule has 1 aliphatic heterocycles. The lowest BCUT2D eigenvalue weighted by molar-refractivity contribution is 0.0600. The lowest BCUT2D eigenvalue weighted by Crippen LogP contribution is -2.48. The number of amides is 1. The second-order valence-corrected chi connectivity index (χ2v) is 6.13. The van der Waals surface area contributed by atoms with Crippen LogP contribution in [0.1, 0.15) is 27.7 Å². The summed E-state index contributed by atoms with van der Waals surface area (Å²) in [5, 5.41) is 0.688. The first-order valence-corrected chi connectivity index (χ1v) is 7.89. The van der Waals surface area contributed by atoms with E-state index in [9.17, 15) is 9.18 Å². The highest BCUT2D eigenvalue weighted by molar-refractivity contribution is 6.06. The van der Waals surface area contributed by atoms with Crippen molar-refractivity contribution in [1.82, 2.24) is 14.9 Å². The average molecular weight is 321 g/mol. The van der Waals surface area contributed by atoms with Gasteiger partial charge in [0.15, 0.2) is 0 Å². The van der Waals surface area contributed by atoms with Gasteiger partial charge in [-0.15, -0.1) is 0 Å². The van der Waals surface area contributed by atoms with Crippen LogP contribution in [0.25, 0.3) is 10.9 Å². The Morgan fingerprint density at radius 3 is 2.79 bits per heavy atom. The van der Waals surface area contributed by atoms with Crippen LogP contribution in [0.2, 0.25) is 0 Å². The molecular formula is C19H16FN3O. The molecule has 0 atom stereocenters. The molecule has 1 aliphatic rings. The van der Waals surface area contributed by atoms with Gasteiger partial charge in [-0.25, -0.2) is 4.39 Å². The molecule has 4 rings (SSSR count). The summed E-state index contributed by atoms with van der Waals surface area (Å²) in [6.07, 6.45) is 1.77. The van der Waals surface area contributed by atoms with E-state index in [0.717, 1.165) is 5.69 Å². The summed E-state index contributed by atoms with van der Waals surface area (Å²) in [7, 11) is 0. The van der Waals surface area contributed by atoms with Crippen LogP contribution >= 0.6 is 0 Å². The maximum Gasteiger partial charge on any atom is 0.254 e. The fourth-order valence-corrected chi connectivity index (χ4v) is 3.13. The Kier molecular flexibility index (Phi) is 3.49. The van der Waals surface area contributed by atoms with E-state index in [4.69, 9.17) is 0 Å². The number of aromatic nitrogens is 2. The van der Waals surface area contributed by atoms with Crippen molar-refractivity contribution in [1.29, 1.82) is 0 Å². The number of fused-ring (bicyclic) bond motifs is 1. The lowest BCUT2D eigenvalue weighted by Gasteiger charge is -2.39. The summed E-state index contributed by atoms with van der Waals surface area (Å²) in [5.74, 6) is -0.107. The van der Waals surface area contributed by atoms with Crippen LogP contribution in [-0.4, -0.2) is 33.9 Å². The number of rotatable bonds is 2. The Hall–Kier alpha value is -2.82. The van der Waals surface area contributed by atoms with E-state index in [1.165, 1.54) is 12.1 Å². The zero-order chi connectivity index (χ0) is 16.7. The van der Waals surface area contributed by atoms with Crippen LogP contribution in [0.4, 0.5) is 4.39 Å². The van der Waals surface area contributed by atoms with Gasteiger partial charge < -0.3 is 4.90 Å². The monoisotopic (exact) mass is 321 g/mol. The van der Waals surface area contributed by atoms with Gasteiger partial charge in [-0.2, -0.15) is 0 Å². The smallest absolute Gasteiger partial charge is 0.254 e. The normalized spacial score (nSPS) is 14.7. The number of pyridine rings is 2. The zero-order valence-corrected chi connectivity index (χ0v) is 13.2. The van der Waals surface area contributed by atoms with E-state index in [1.807, 2.05) is 25.1 Å². The molecule has 0 bridgehead atoms. The first kappa shape index (κ1) is 14.8. The molecule has 1 fully saturated rings. The summed E-state index contributed by atoms with van der Waals surface area (Å²) in [4.78, 5) is 23.3. The quantitative estimate of drug-likeness (QED) is 0.727. The van der Waals surface area contributed by atoms with Gasteiger partial charge in [-0.1, -0.05) is 6.07 Å². The molecule has 0 radical (unpaired) electrons. The van der Waals surface area contributed by atoms with Crippen molar-refractivity contribution >= 4 is 16.8 Å². The molecule has 0 unspecified atom stereocenters. The van der Waals surface area contributed by atoms with E-state index in [-0.39, 0.29) is 17.6 Å². The number of aryl methyl sites for hydroxylation is 1. The number of carbonyl (C=O) groups excluding carboxylic acids is 1. The number of carbonyl (C=O) groups is 1. The highest BCUT2D eigenvalue weighted by atomic mass is 19.1. The first-order chi connectivity index (χ1) is 11.6. The Balaban J connectivity index is 1.61. The van der Waals surface area contributed by atoms with Gasteiger partial charge in [-0.05, 0) is 37.3 Å². The molecule has 0 aliphatic carbocycles. The Labute approximate surface area is 139 Å². The zero-order valence-electron chi connectivity index (χ0n) is 13.2. The van der Waals surface area contributed by atoms with Crippen LogP contribution < -0.4 is 0 Å². The van der Waals surface area contributed by atoms with E-state index >= 15 is 0 Å². The minimum atomic E-state index is -0.349. The summed E-state index contributed by atoms with van der Waals surface area (Å²) < 4.78 is 13.4. The average Bonchev–Trinajstić information content (AvgIpc) is 2.53. The number of hydrogen-bond donors (Lipinski definition) is 0. The van der Waals surface area contributed by atoms with Crippen LogP contribution in [0, 0.1) is 12.7 Å². The van der Waals surface area contributed by atoms with Gasteiger partial charge >= 0.3 is 0 Å². The van der Waals surface area contributed by atoms with Gasteiger partial charge in [0.2, 0.25) is 0 Å². The van der Waals surface area contributed by atoms with E-state index in [0.29, 0.717) is 35.2 Å². The number of nitrogens with zero attached hydrogens (tertiary/aromatic N) is 3. The van der Waals surface area contributed by atoms with Gasteiger partial charge in [0.25, 0.3) is 5.91 Å². The summed E-state index contributed by atoms with van der Waals surface area (Å²) in [6.45, 7) is 3.12. The second kappa shape index (κ2) is 5.67. The van der Waals surface area contributed by atoms with Gasteiger partial charge in [-0.3, -0.25) is 14.8 Å². The van der Waals surface area contributed by atoms with Gasteiger partial charge in [0, 0.05) is 48.0 Å². The fourth-order valence-electron chi connectivity index (χ4n) is 3.13. The van der Waals surface area contributed by atoms with Crippen molar-refractivity contribution in [3.63, 3.8) is 0 Å². The molecule has 3 heterocycles. The van der Waals surface area contributed by atoms with E-state index in [2.05, 4.69) is 9.97 Å². The van der Waals surface area contributed by atoms with E-state index in [1.54, 1.807) is 23.2 Å². The molecule has 1 saturated heterocycles. The van der Waals surface area contributed by atoms with Crippen molar-refractivity contribution in [2.75, 3.05) is 13.1 Å². The van der Waals surface area contributed by atoms with Gasteiger partial charge in [0.1, 0.15) is 5.82 Å². The minimum absolute atomic E-state index is 0.0377. The van der Waals surface area contributed by atoms with Crippen LogP contribution in [0.15, 0.2) is 48.7 Å². The van der Waals surface area contributed by atoms with E-state index < -0.39 is 0 Å². The Bertz CT molecular complexity index is 915. The van der Waals surface area contributed by atoms with Crippen LogP contribution in [-0.2, 0) is 0 Å². The fraction of sp³-hybridized carbons (Fsp3) is 0.211. The summed E-state index contributed by atoms with van der Waals surface area (Å²) in [5.41, 5.74) is 2.81.